The van der Waals surface area contributed by atoms with E-state index in [1.54, 1.807) is 0 Å². The van der Waals surface area contributed by atoms with Gasteiger partial charge in [0.05, 0.1) is 25.8 Å². The van der Waals surface area contributed by atoms with Crippen molar-refractivity contribution in [1.29, 1.82) is 0 Å². The molecule has 0 aliphatic heterocycles. The molecule has 0 fully saturated rings. The third-order valence-corrected chi connectivity index (χ3v) is 4.14. The second-order valence-corrected chi connectivity index (χ2v) is 5.86. The molecule has 2 heterocycles. The highest BCUT2D eigenvalue weighted by Crippen LogP contribution is 2.23. The van der Waals surface area contributed by atoms with Crippen molar-refractivity contribution in [1.82, 2.24) is 5.32 Å². The third-order valence-electron chi connectivity index (χ3n) is 3.15. The van der Waals surface area contributed by atoms with Crippen molar-refractivity contribution in [3.63, 3.8) is 0 Å². The van der Waals surface area contributed by atoms with Gasteiger partial charge in [-0.1, -0.05) is 6.07 Å². The summed E-state index contributed by atoms with van der Waals surface area (Å²) in [7, 11) is 1.25. The maximum absolute atomic E-state index is 12.0. The van der Waals surface area contributed by atoms with Gasteiger partial charge in [-0.15, -0.1) is 11.3 Å². The van der Waals surface area contributed by atoms with Gasteiger partial charge in [-0.3, -0.25) is 9.59 Å². The van der Waals surface area contributed by atoms with Gasteiger partial charge in [0, 0.05) is 11.8 Å². The number of furan rings is 1. The molecule has 0 aromatic carbocycles. The molecule has 128 valence electrons. The molecule has 1 unspecified atom stereocenters. The summed E-state index contributed by atoms with van der Waals surface area (Å²) in [5.74, 6) is -1.11. The van der Waals surface area contributed by atoms with Crippen LogP contribution in [0.3, 0.4) is 0 Å². The van der Waals surface area contributed by atoms with Crippen LogP contribution in [0.15, 0.2) is 34.3 Å². The fraction of sp³-hybridized carbons (Fsp3) is 0.312. The van der Waals surface area contributed by atoms with E-state index in [4.69, 9.17) is 9.15 Å². The van der Waals surface area contributed by atoms with Crippen molar-refractivity contribution in [2.75, 3.05) is 7.11 Å². The Hall–Kier alpha value is -2.61. The minimum Gasteiger partial charge on any atom is -0.465 e. The van der Waals surface area contributed by atoms with E-state index in [9.17, 15) is 14.4 Å². The highest BCUT2D eigenvalue weighted by molar-refractivity contribution is 7.10. The Morgan fingerprint density at radius 1 is 1.33 bits per heavy atom. The highest BCUT2D eigenvalue weighted by atomic mass is 32.1. The van der Waals surface area contributed by atoms with Crippen molar-refractivity contribution in [3.8, 4) is 0 Å². The molecule has 0 spiro atoms. The lowest BCUT2D eigenvalue weighted by molar-refractivity contribution is -0.146. The summed E-state index contributed by atoms with van der Waals surface area (Å²) < 4.78 is 14.9. The normalized spacial score (nSPS) is 11.6. The minimum atomic E-state index is -0.565. The van der Waals surface area contributed by atoms with Crippen molar-refractivity contribution in [2.45, 2.75) is 26.0 Å². The first-order chi connectivity index (χ1) is 11.5. The number of amides is 1. The molecule has 7 nitrogen and oxygen atoms in total. The quantitative estimate of drug-likeness (QED) is 0.770. The second kappa shape index (κ2) is 8.30. The number of carbonyl (C=O) groups excluding carboxylic acids is 3. The Labute approximate surface area is 142 Å². The molecule has 0 aliphatic carbocycles. The van der Waals surface area contributed by atoms with Gasteiger partial charge in [-0.2, -0.15) is 0 Å². The number of hydrogen-bond donors (Lipinski definition) is 1. The topological polar surface area (TPSA) is 94.8 Å². The van der Waals surface area contributed by atoms with Crippen LogP contribution in [0.25, 0.3) is 0 Å². The van der Waals surface area contributed by atoms with Gasteiger partial charge in [0.15, 0.2) is 5.76 Å². The van der Waals surface area contributed by atoms with Gasteiger partial charge in [-0.25, -0.2) is 4.79 Å². The van der Waals surface area contributed by atoms with Crippen LogP contribution in [0.2, 0.25) is 0 Å². The van der Waals surface area contributed by atoms with E-state index in [0.29, 0.717) is 0 Å². The first-order valence-corrected chi connectivity index (χ1v) is 8.00. The van der Waals surface area contributed by atoms with Crippen molar-refractivity contribution in [2.24, 2.45) is 0 Å². The average Bonchev–Trinajstić information content (AvgIpc) is 3.22. The molecule has 0 aliphatic rings. The van der Waals surface area contributed by atoms with E-state index in [1.807, 2.05) is 17.5 Å². The summed E-state index contributed by atoms with van der Waals surface area (Å²) in [6, 6.07) is 4.67. The summed E-state index contributed by atoms with van der Waals surface area (Å²) in [4.78, 5) is 35.7. The molecule has 0 radical (unpaired) electrons. The Kier molecular flexibility index (Phi) is 6.14. The predicted octanol–water partition coefficient (Wildman–Crippen LogP) is 2.44. The molecule has 8 heteroatoms. The summed E-state index contributed by atoms with van der Waals surface area (Å²) in [6.07, 6.45) is 1.30. The van der Waals surface area contributed by atoms with E-state index in [1.165, 1.54) is 37.7 Å². The van der Waals surface area contributed by atoms with E-state index in [-0.39, 0.29) is 30.3 Å². The maximum atomic E-state index is 12.0. The number of nitrogens with one attached hydrogen (secondary N) is 1. The van der Waals surface area contributed by atoms with E-state index in [2.05, 4.69) is 10.1 Å². The molecule has 0 bridgehead atoms. The lowest BCUT2D eigenvalue weighted by Crippen LogP contribution is -2.28. The number of hydrogen-bond acceptors (Lipinski definition) is 7. The Morgan fingerprint density at radius 3 is 2.75 bits per heavy atom. The predicted molar refractivity (Wildman–Crippen MR) is 85.3 cm³/mol. The maximum Gasteiger partial charge on any atom is 0.341 e. The van der Waals surface area contributed by atoms with Crippen molar-refractivity contribution in [3.05, 3.63) is 46.0 Å². The largest absolute Gasteiger partial charge is 0.465 e. The van der Waals surface area contributed by atoms with Crippen LogP contribution in [0.5, 0.6) is 0 Å². The van der Waals surface area contributed by atoms with E-state index >= 15 is 0 Å². The summed E-state index contributed by atoms with van der Waals surface area (Å²) in [5.41, 5.74) is 0.210. The third kappa shape index (κ3) is 4.69. The van der Waals surface area contributed by atoms with Crippen LogP contribution in [0.4, 0.5) is 0 Å². The molecule has 1 N–H and O–H groups in total. The van der Waals surface area contributed by atoms with Gasteiger partial charge >= 0.3 is 11.9 Å². The zero-order valence-corrected chi connectivity index (χ0v) is 14.1. The molecule has 1 atom stereocenters. The van der Waals surface area contributed by atoms with Crippen LogP contribution in [-0.4, -0.2) is 25.0 Å². The summed E-state index contributed by atoms with van der Waals surface area (Å²) in [5, 5.41) is 4.58. The Bertz CT molecular complexity index is 706. The lowest BCUT2D eigenvalue weighted by atomic mass is 10.1. The molecule has 0 saturated heterocycles. The monoisotopic (exact) mass is 351 g/mol. The molecule has 0 saturated carbocycles. The molecular formula is C16H17NO6S. The van der Waals surface area contributed by atoms with Gasteiger partial charge in [0.25, 0.3) is 0 Å². The zero-order valence-electron chi connectivity index (χ0n) is 13.2. The first kappa shape index (κ1) is 17.7. The summed E-state index contributed by atoms with van der Waals surface area (Å²) >= 11 is 1.44. The zero-order chi connectivity index (χ0) is 17.5. The Balaban J connectivity index is 1.95. The van der Waals surface area contributed by atoms with Crippen LogP contribution < -0.4 is 5.32 Å². The van der Waals surface area contributed by atoms with E-state index < -0.39 is 18.0 Å². The van der Waals surface area contributed by atoms with Crippen LogP contribution >= 0.6 is 11.3 Å². The van der Waals surface area contributed by atoms with Crippen LogP contribution in [0.1, 0.15) is 40.4 Å². The van der Waals surface area contributed by atoms with Crippen molar-refractivity contribution < 1.29 is 28.3 Å². The minimum absolute atomic E-state index is 0.0195. The number of carbonyl (C=O) groups is 3. The Morgan fingerprint density at radius 2 is 2.12 bits per heavy atom. The molecule has 2 rings (SSSR count). The number of rotatable bonds is 7. The van der Waals surface area contributed by atoms with Crippen LogP contribution in [-0.2, 0) is 25.7 Å². The second-order valence-electron chi connectivity index (χ2n) is 4.88. The fourth-order valence-corrected chi connectivity index (χ4v) is 2.85. The molecule has 24 heavy (non-hydrogen) atoms. The number of ether oxygens (including phenoxy) is 2. The molecular weight excluding hydrogens is 334 g/mol. The number of methoxy groups -OCH3 is 1. The van der Waals surface area contributed by atoms with Gasteiger partial charge in [0.1, 0.15) is 12.2 Å². The molecule has 2 aromatic rings. The molecule has 2 aromatic heterocycles. The smallest absolute Gasteiger partial charge is 0.341 e. The van der Waals surface area contributed by atoms with E-state index in [0.717, 1.165) is 4.88 Å². The average molecular weight is 351 g/mol. The summed E-state index contributed by atoms with van der Waals surface area (Å²) in [6.45, 7) is 1.20. The molecule has 1 amide bonds. The van der Waals surface area contributed by atoms with Crippen molar-refractivity contribution >= 4 is 29.2 Å². The van der Waals surface area contributed by atoms with Gasteiger partial charge in [-0.05, 0) is 17.5 Å². The fourth-order valence-electron chi connectivity index (χ4n) is 2.07. The number of esters is 2. The van der Waals surface area contributed by atoms with Gasteiger partial charge in [0.2, 0.25) is 5.91 Å². The standard InChI is InChI=1S/C16H17NO6S/c1-10(18)17-12(14-4-3-7-24-14)8-15(19)23-9-13-11(5-6-22-13)16(20)21-2/h3-7,12H,8-9H2,1-2H3,(H,17,18). The highest BCUT2D eigenvalue weighted by Gasteiger charge is 2.21. The van der Waals surface area contributed by atoms with Crippen LogP contribution in [0, 0.1) is 0 Å². The lowest BCUT2D eigenvalue weighted by Gasteiger charge is -2.15. The number of thiophene rings is 1. The van der Waals surface area contributed by atoms with Gasteiger partial charge < -0.3 is 19.2 Å². The SMILES string of the molecule is COC(=O)c1ccoc1COC(=O)CC(NC(C)=O)c1cccs1. The first-order valence-electron chi connectivity index (χ1n) is 7.12.